The minimum Gasteiger partial charge on any atom is -0.396 e. The zero-order valence-electron chi connectivity index (χ0n) is 9.36. The Morgan fingerprint density at radius 1 is 1.33 bits per heavy atom. The van der Waals surface area contributed by atoms with Crippen molar-refractivity contribution in [2.45, 2.75) is 24.3 Å². The van der Waals surface area contributed by atoms with Gasteiger partial charge in [-0.05, 0) is 36.9 Å². The fraction of sp³-hybridized carbons (Fsp3) is 0.500. The second-order valence-electron chi connectivity index (χ2n) is 3.36. The van der Waals surface area contributed by atoms with Gasteiger partial charge in [-0.2, -0.15) is 0 Å². The van der Waals surface area contributed by atoms with E-state index in [9.17, 15) is 0 Å². The Morgan fingerprint density at radius 3 is 2.47 bits per heavy atom. The molecule has 0 bridgehead atoms. The molecular weight excluding hydrogens is 206 g/mol. The first-order chi connectivity index (χ1) is 7.31. The molecule has 3 heteroatoms. The van der Waals surface area contributed by atoms with Gasteiger partial charge in [-0.25, -0.2) is 0 Å². The van der Waals surface area contributed by atoms with Gasteiger partial charge in [0.1, 0.15) is 0 Å². The highest BCUT2D eigenvalue weighted by atomic mass is 32.2. The van der Waals surface area contributed by atoms with Crippen LogP contribution < -0.4 is 5.32 Å². The predicted octanol–water partition coefficient (Wildman–Crippen LogP) is 2.44. The molecule has 0 aliphatic rings. The number of hydrogen-bond donors (Lipinski definition) is 2. The summed E-state index contributed by atoms with van der Waals surface area (Å²) >= 11 is 1.85. The van der Waals surface area contributed by atoms with Crippen LogP contribution in [0.3, 0.4) is 0 Å². The Labute approximate surface area is 96.1 Å². The Morgan fingerprint density at radius 2 is 2.00 bits per heavy atom. The smallest absolute Gasteiger partial charge is 0.0449 e. The van der Waals surface area contributed by atoms with E-state index in [1.54, 1.807) is 0 Å². The highest BCUT2D eigenvalue weighted by Crippen LogP contribution is 2.21. The molecule has 0 aliphatic heterocycles. The molecule has 1 rings (SSSR count). The van der Waals surface area contributed by atoms with E-state index in [0.29, 0.717) is 0 Å². The summed E-state index contributed by atoms with van der Waals surface area (Å²) in [4.78, 5) is 1.31. The number of rotatable bonds is 6. The zero-order valence-corrected chi connectivity index (χ0v) is 10.2. The average molecular weight is 225 g/mol. The van der Waals surface area contributed by atoms with Crippen LogP contribution in [0.25, 0.3) is 0 Å². The molecule has 1 atom stereocenters. The van der Waals surface area contributed by atoms with Gasteiger partial charge in [0.25, 0.3) is 0 Å². The van der Waals surface area contributed by atoms with Crippen molar-refractivity contribution < 1.29 is 5.11 Å². The first-order valence-corrected chi connectivity index (χ1v) is 6.31. The van der Waals surface area contributed by atoms with Crippen LogP contribution in [-0.2, 0) is 0 Å². The fourth-order valence-electron chi connectivity index (χ4n) is 1.57. The summed E-state index contributed by atoms with van der Waals surface area (Å²) in [5, 5.41) is 12.1. The SMILES string of the molecule is CCSc1ccc(C(CCO)NC)cc1. The highest BCUT2D eigenvalue weighted by Gasteiger charge is 2.07. The van der Waals surface area contributed by atoms with Gasteiger partial charge in [0.2, 0.25) is 0 Å². The Hall–Kier alpha value is -0.510. The van der Waals surface area contributed by atoms with E-state index in [1.165, 1.54) is 10.5 Å². The number of nitrogens with one attached hydrogen (secondary N) is 1. The monoisotopic (exact) mass is 225 g/mol. The van der Waals surface area contributed by atoms with Gasteiger partial charge in [0.05, 0.1) is 0 Å². The van der Waals surface area contributed by atoms with E-state index in [4.69, 9.17) is 5.11 Å². The number of thioether (sulfide) groups is 1. The van der Waals surface area contributed by atoms with Crippen LogP contribution in [0.5, 0.6) is 0 Å². The Kier molecular flexibility index (Phi) is 5.76. The molecule has 2 nitrogen and oxygen atoms in total. The van der Waals surface area contributed by atoms with Crippen molar-refractivity contribution in [1.82, 2.24) is 5.32 Å². The molecule has 1 aromatic carbocycles. The van der Waals surface area contributed by atoms with Crippen LogP contribution in [0, 0.1) is 0 Å². The molecule has 1 aromatic rings. The summed E-state index contributed by atoms with van der Waals surface area (Å²) in [6, 6.07) is 8.82. The lowest BCUT2D eigenvalue weighted by Gasteiger charge is -2.15. The quantitative estimate of drug-likeness (QED) is 0.729. The summed E-state index contributed by atoms with van der Waals surface area (Å²) in [6.45, 7) is 2.37. The van der Waals surface area contributed by atoms with Gasteiger partial charge >= 0.3 is 0 Å². The molecule has 0 fully saturated rings. The van der Waals surface area contributed by atoms with Crippen molar-refractivity contribution >= 4 is 11.8 Å². The molecule has 0 aliphatic carbocycles. The molecule has 84 valence electrons. The van der Waals surface area contributed by atoms with Gasteiger partial charge in [0.15, 0.2) is 0 Å². The first-order valence-electron chi connectivity index (χ1n) is 5.32. The number of aliphatic hydroxyl groups is 1. The van der Waals surface area contributed by atoms with E-state index < -0.39 is 0 Å². The third-order valence-electron chi connectivity index (χ3n) is 2.36. The van der Waals surface area contributed by atoms with Crippen molar-refractivity contribution in [3.05, 3.63) is 29.8 Å². The first kappa shape index (κ1) is 12.6. The molecule has 1 unspecified atom stereocenters. The molecule has 2 N–H and O–H groups in total. The van der Waals surface area contributed by atoms with Crippen LogP contribution in [0.2, 0.25) is 0 Å². The minimum absolute atomic E-state index is 0.219. The normalized spacial score (nSPS) is 12.7. The van der Waals surface area contributed by atoms with E-state index in [-0.39, 0.29) is 12.6 Å². The third kappa shape index (κ3) is 3.86. The second-order valence-corrected chi connectivity index (χ2v) is 4.69. The minimum atomic E-state index is 0.219. The van der Waals surface area contributed by atoms with Gasteiger partial charge in [-0.3, -0.25) is 0 Å². The van der Waals surface area contributed by atoms with Crippen LogP contribution >= 0.6 is 11.8 Å². The molecule has 0 heterocycles. The van der Waals surface area contributed by atoms with Crippen LogP contribution in [0.4, 0.5) is 0 Å². The Bertz CT molecular complexity index is 273. The maximum atomic E-state index is 8.92. The van der Waals surface area contributed by atoms with Crippen molar-refractivity contribution in [2.75, 3.05) is 19.4 Å². The van der Waals surface area contributed by atoms with E-state index in [0.717, 1.165) is 12.2 Å². The van der Waals surface area contributed by atoms with Crippen LogP contribution in [-0.4, -0.2) is 24.5 Å². The second kappa shape index (κ2) is 6.88. The van der Waals surface area contributed by atoms with Crippen LogP contribution in [0.15, 0.2) is 29.2 Å². The molecule has 15 heavy (non-hydrogen) atoms. The van der Waals surface area contributed by atoms with E-state index in [2.05, 4.69) is 36.5 Å². The van der Waals surface area contributed by atoms with Crippen molar-refractivity contribution in [1.29, 1.82) is 0 Å². The molecular formula is C12H19NOS. The number of hydrogen-bond acceptors (Lipinski definition) is 3. The third-order valence-corrected chi connectivity index (χ3v) is 3.25. The molecule has 0 amide bonds. The van der Waals surface area contributed by atoms with Gasteiger partial charge in [-0.15, -0.1) is 11.8 Å². The maximum Gasteiger partial charge on any atom is 0.0449 e. The summed E-state index contributed by atoms with van der Waals surface area (Å²) in [6.07, 6.45) is 0.761. The molecule has 0 spiro atoms. The summed E-state index contributed by atoms with van der Waals surface area (Å²) in [5.74, 6) is 1.10. The van der Waals surface area contributed by atoms with Crippen LogP contribution in [0.1, 0.15) is 24.9 Å². The van der Waals surface area contributed by atoms with Gasteiger partial charge < -0.3 is 10.4 Å². The van der Waals surface area contributed by atoms with E-state index in [1.807, 2.05) is 18.8 Å². The zero-order chi connectivity index (χ0) is 11.1. The average Bonchev–Trinajstić information content (AvgIpc) is 2.28. The van der Waals surface area contributed by atoms with E-state index >= 15 is 0 Å². The summed E-state index contributed by atoms with van der Waals surface area (Å²) in [5.41, 5.74) is 1.24. The van der Waals surface area contributed by atoms with Crippen molar-refractivity contribution in [3.8, 4) is 0 Å². The lowest BCUT2D eigenvalue weighted by molar-refractivity contribution is 0.269. The maximum absolute atomic E-state index is 8.92. The van der Waals surface area contributed by atoms with Gasteiger partial charge in [0, 0.05) is 17.5 Å². The summed E-state index contributed by atoms with van der Waals surface area (Å²) in [7, 11) is 1.93. The topological polar surface area (TPSA) is 32.3 Å². The molecule has 0 radical (unpaired) electrons. The fourth-order valence-corrected chi connectivity index (χ4v) is 2.23. The van der Waals surface area contributed by atoms with Crippen molar-refractivity contribution in [2.24, 2.45) is 0 Å². The number of benzene rings is 1. The standard InChI is InChI=1S/C12H19NOS/c1-3-15-11-6-4-10(5-7-11)12(13-2)8-9-14/h4-7,12-14H,3,8-9H2,1-2H3. The molecule has 0 aromatic heterocycles. The Balaban J connectivity index is 2.68. The lowest BCUT2D eigenvalue weighted by Crippen LogP contribution is -2.17. The van der Waals surface area contributed by atoms with Gasteiger partial charge in [-0.1, -0.05) is 19.1 Å². The molecule has 0 saturated carbocycles. The van der Waals surface area contributed by atoms with Crippen molar-refractivity contribution in [3.63, 3.8) is 0 Å². The number of aliphatic hydroxyl groups excluding tert-OH is 1. The highest BCUT2D eigenvalue weighted by molar-refractivity contribution is 7.99. The lowest BCUT2D eigenvalue weighted by atomic mass is 10.0. The molecule has 0 saturated heterocycles. The largest absolute Gasteiger partial charge is 0.396 e. The predicted molar refractivity (Wildman–Crippen MR) is 66.3 cm³/mol. The summed E-state index contributed by atoms with van der Waals surface area (Å²) < 4.78 is 0.